The first kappa shape index (κ1) is 40.1. The van der Waals surface area contributed by atoms with E-state index in [1.807, 2.05) is 0 Å². The number of aliphatic hydroxyl groups is 1. The van der Waals surface area contributed by atoms with Crippen LogP contribution in [0.4, 0.5) is 0 Å². The van der Waals surface area contributed by atoms with Crippen molar-refractivity contribution in [1.29, 1.82) is 0 Å². The minimum absolute atomic E-state index is 0.169. The van der Waals surface area contributed by atoms with Crippen LogP contribution in [0.5, 0.6) is 0 Å². The molecule has 0 aromatic rings. The standard InChI is InChI=1S/C37H72O4/c1-3-5-7-9-11-13-15-17-18-19-21-23-25-27-29-31-33-40-35-36(34-38)41-37(39)32-30-28-26-24-22-20-16-14-12-10-8-6-4-2/h17-18,36,38H,3-16,19-35H2,1-2H3/b18-17-/t36-/m0/s1. The summed E-state index contributed by atoms with van der Waals surface area (Å²) in [6, 6.07) is 0. The molecule has 4 nitrogen and oxygen atoms in total. The number of aliphatic hydroxyl groups excluding tert-OH is 1. The molecule has 0 aromatic carbocycles. The quantitative estimate of drug-likeness (QED) is 0.0467. The second-order valence-electron chi connectivity index (χ2n) is 12.3. The number of allylic oxidation sites excluding steroid dienone is 2. The molecule has 0 bridgehead atoms. The number of carbonyl (C=O) groups excluding carboxylic acids is 1. The predicted octanol–water partition coefficient (Wildman–Crippen LogP) is 11.4. The Labute approximate surface area is 256 Å². The van der Waals surface area contributed by atoms with Crippen molar-refractivity contribution in [3.63, 3.8) is 0 Å². The maximum absolute atomic E-state index is 12.1. The van der Waals surface area contributed by atoms with E-state index >= 15 is 0 Å². The minimum atomic E-state index is -0.529. The topological polar surface area (TPSA) is 55.8 Å². The molecule has 0 aliphatic heterocycles. The Morgan fingerprint density at radius 2 is 0.951 bits per heavy atom. The second kappa shape index (κ2) is 35.3. The van der Waals surface area contributed by atoms with Crippen LogP contribution in [-0.4, -0.2) is 37.0 Å². The SMILES string of the molecule is CCCCCCCC/C=C\CCCCCCCCOC[C@H](CO)OC(=O)CCCCCCCCCCCCCCC. The first-order chi connectivity index (χ1) is 20.2. The molecular weight excluding hydrogens is 508 g/mol. The van der Waals surface area contributed by atoms with Crippen LogP contribution in [0.3, 0.4) is 0 Å². The van der Waals surface area contributed by atoms with Gasteiger partial charge in [0.05, 0.1) is 13.2 Å². The summed E-state index contributed by atoms with van der Waals surface area (Å²) < 4.78 is 11.1. The Balaban J connectivity index is 3.42. The third kappa shape index (κ3) is 33.5. The number of hydrogen-bond donors (Lipinski definition) is 1. The highest BCUT2D eigenvalue weighted by Crippen LogP contribution is 2.14. The summed E-state index contributed by atoms with van der Waals surface area (Å²) in [5.74, 6) is -0.201. The predicted molar refractivity (Wildman–Crippen MR) is 178 cm³/mol. The van der Waals surface area contributed by atoms with E-state index < -0.39 is 6.10 Å². The van der Waals surface area contributed by atoms with Crippen molar-refractivity contribution < 1.29 is 19.4 Å². The van der Waals surface area contributed by atoms with E-state index in [1.54, 1.807) is 0 Å². The fraction of sp³-hybridized carbons (Fsp3) is 0.919. The van der Waals surface area contributed by atoms with Gasteiger partial charge in [-0.2, -0.15) is 0 Å². The van der Waals surface area contributed by atoms with Crippen LogP contribution in [0, 0.1) is 0 Å². The van der Waals surface area contributed by atoms with Gasteiger partial charge in [-0.25, -0.2) is 0 Å². The maximum atomic E-state index is 12.1. The molecule has 0 spiro atoms. The van der Waals surface area contributed by atoms with Crippen molar-refractivity contribution in [2.45, 2.75) is 200 Å². The summed E-state index contributed by atoms with van der Waals surface area (Å²) >= 11 is 0. The Bertz CT molecular complexity index is 533. The van der Waals surface area contributed by atoms with E-state index in [4.69, 9.17) is 9.47 Å². The molecule has 0 aliphatic rings. The molecule has 0 rings (SSSR count). The van der Waals surface area contributed by atoms with E-state index in [0.717, 1.165) is 19.3 Å². The summed E-state index contributed by atoms with van der Waals surface area (Å²) in [5.41, 5.74) is 0. The molecule has 0 heterocycles. The third-order valence-electron chi connectivity index (χ3n) is 8.09. The van der Waals surface area contributed by atoms with Crippen LogP contribution in [0.25, 0.3) is 0 Å². The summed E-state index contributed by atoms with van der Waals surface area (Å²) in [6.45, 7) is 5.35. The van der Waals surface area contributed by atoms with Gasteiger partial charge in [-0.05, 0) is 38.5 Å². The van der Waals surface area contributed by atoms with Crippen molar-refractivity contribution in [2.24, 2.45) is 0 Å². The molecule has 0 fully saturated rings. The van der Waals surface area contributed by atoms with Crippen molar-refractivity contribution >= 4 is 5.97 Å². The fourth-order valence-electron chi connectivity index (χ4n) is 5.32. The third-order valence-corrected chi connectivity index (χ3v) is 8.09. The summed E-state index contributed by atoms with van der Waals surface area (Å²) in [7, 11) is 0. The molecule has 0 saturated heterocycles. The molecule has 41 heavy (non-hydrogen) atoms. The largest absolute Gasteiger partial charge is 0.457 e. The highest BCUT2D eigenvalue weighted by atomic mass is 16.6. The van der Waals surface area contributed by atoms with Gasteiger partial charge < -0.3 is 14.6 Å². The van der Waals surface area contributed by atoms with Crippen LogP contribution in [0.1, 0.15) is 194 Å². The zero-order chi connectivity index (χ0) is 29.9. The van der Waals surface area contributed by atoms with Crippen LogP contribution in [0.2, 0.25) is 0 Å². The zero-order valence-electron chi connectivity index (χ0n) is 27.8. The van der Waals surface area contributed by atoms with Gasteiger partial charge in [0.2, 0.25) is 0 Å². The van der Waals surface area contributed by atoms with E-state index in [9.17, 15) is 9.90 Å². The Morgan fingerprint density at radius 3 is 1.39 bits per heavy atom. The zero-order valence-corrected chi connectivity index (χ0v) is 27.8. The number of hydrogen-bond acceptors (Lipinski definition) is 4. The number of rotatable bonds is 34. The second-order valence-corrected chi connectivity index (χ2v) is 12.3. The van der Waals surface area contributed by atoms with Crippen molar-refractivity contribution in [1.82, 2.24) is 0 Å². The van der Waals surface area contributed by atoms with E-state index in [0.29, 0.717) is 19.6 Å². The Morgan fingerprint density at radius 1 is 0.561 bits per heavy atom. The first-order valence-electron chi connectivity index (χ1n) is 18.3. The van der Waals surface area contributed by atoms with Gasteiger partial charge >= 0.3 is 5.97 Å². The van der Waals surface area contributed by atoms with Crippen molar-refractivity contribution in [3.8, 4) is 0 Å². The molecule has 244 valence electrons. The summed E-state index contributed by atoms with van der Waals surface area (Å²) in [4.78, 5) is 12.1. The normalized spacial score (nSPS) is 12.4. The number of unbranched alkanes of at least 4 members (excludes halogenated alkanes) is 24. The lowest BCUT2D eigenvalue weighted by Gasteiger charge is -2.15. The van der Waals surface area contributed by atoms with Gasteiger partial charge in [0.15, 0.2) is 0 Å². The Kier molecular flexibility index (Phi) is 34.6. The molecular formula is C37H72O4. The Hall–Kier alpha value is -0.870. The van der Waals surface area contributed by atoms with Gasteiger partial charge in [0.1, 0.15) is 6.10 Å². The number of carbonyl (C=O) groups is 1. The molecule has 1 atom stereocenters. The monoisotopic (exact) mass is 581 g/mol. The lowest BCUT2D eigenvalue weighted by molar-refractivity contribution is -0.154. The minimum Gasteiger partial charge on any atom is -0.457 e. The average molecular weight is 581 g/mol. The van der Waals surface area contributed by atoms with Gasteiger partial charge in [-0.3, -0.25) is 4.79 Å². The molecule has 1 N–H and O–H groups in total. The highest BCUT2D eigenvalue weighted by molar-refractivity contribution is 5.69. The van der Waals surface area contributed by atoms with E-state index in [1.165, 1.54) is 154 Å². The van der Waals surface area contributed by atoms with Gasteiger partial charge in [0.25, 0.3) is 0 Å². The smallest absolute Gasteiger partial charge is 0.306 e. The fourth-order valence-corrected chi connectivity index (χ4v) is 5.32. The number of ether oxygens (including phenoxy) is 2. The van der Waals surface area contributed by atoms with Crippen molar-refractivity contribution in [2.75, 3.05) is 19.8 Å². The lowest BCUT2D eigenvalue weighted by atomic mass is 10.0. The molecule has 0 unspecified atom stereocenters. The van der Waals surface area contributed by atoms with Crippen LogP contribution >= 0.6 is 0 Å². The van der Waals surface area contributed by atoms with Gasteiger partial charge in [-0.15, -0.1) is 0 Å². The molecule has 0 aromatic heterocycles. The van der Waals surface area contributed by atoms with E-state index in [-0.39, 0.29) is 12.6 Å². The number of esters is 1. The molecule has 0 radical (unpaired) electrons. The van der Waals surface area contributed by atoms with Crippen LogP contribution in [-0.2, 0) is 14.3 Å². The molecule has 4 heteroatoms. The first-order valence-corrected chi connectivity index (χ1v) is 18.3. The molecule has 0 amide bonds. The van der Waals surface area contributed by atoms with Crippen LogP contribution < -0.4 is 0 Å². The van der Waals surface area contributed by atoms with Crippen molar-refractivity contribution in [3.05, 3.63) is 12.2 Å². The van der Waals surface area contributed by atoms with E-state index in [2.05, 4.69) is 26.0 Å². The highest BCUT2D eigenvalue weighted by Gasteiger charge is 2.13. The summed E-state index contributed by atoms with van der Waals surface area (Å²) in [5, 5.41) is 9.54. The molecule has 0 saturated carbocycles. The van der Waals surface area contributed by atoms with Gasteiger partial charge in [-0.1, -0.05) is 161 Å². The lowest BCUT2D eigenvalue weighted by Crippen LogP contribution is -2.27. The summed E-state index contributed by atoms with van der Waals surface area (Å²) in [6.07, 6.45) is 39.6. The van der Waals surface area contributed by atoms with Crippen LogP contribution in [0.15, 0.2) is 12.2 Å². The average Bonchev–Trinajstić information content (AvgIpc) is 2.98. The van der Waals surface area contributed by atoms with Gasteiger partial charge in [0, 0.05) is 13.0 Å². The maximum Gasteiger partial charge on any atom is 0.306 e. The molecule has 0 aliphatic carbocycles.